The standard InChI is InChI=1S/C17H13ClFN3O5/c18-12-8-10(19)3-5-13(12)20-16(23)2-1-7-21-14-6-4-11(22(25)26)9-15(14)27-17(21)24/h3-6,8-9H,1-2,7H2,(H,20,23). The summed E-state index contributed by atoms with van der Waals surface area (Å²) in [5.41, 5.74) is 0.629. The molecule has 0 radical (unpaired) electrons. The molecule has 2 aromatic carbocycles. The molecule has 1 amide bonds. The van der Waals surface area contributed by atoms with Crippen molar-refractivity contribution in [3.05, 3.63) is 67.9 Å². The van der Waals surface area contributed by atoms with E-state index in [4.69, 9.17) is 16.0 Å². The van der Waals surface area contributed by atoms with Crippen molar-refractivity contribution in [1.29, 1.82) is 0 Å². The van der Waals surface area contributed by atoms with Crippen molar-refractivity contribution < 1.29 is 18.5 Å². The minimum atomic E-state index is -0.660. The average Bonchev–Trinajstić information content (AvgIpc) is 2.92. The van der Waals surface area contributed by atoms with E-state index >= 15 is 0 Å². The van der Waals surface area contributed by atoms with Crippen molar-refractivity contribution in [2.75, 3.05) is 5.32 Å². The van der Waals surface area contributed by atoms with Crippen LogP contribution < -0.4 is 11.1 Å². The third kappa shape index (κ3) is 4.14. The van der Waals surface area contributed by atoms with E-state index in [1.165, 1.54) is 34.9 Å². The van der Waals surface area contributed by atoms with Crippen LogP contribution in [0.4, 0.5) is 15.8 Å². The third-order valence-corrected chi connectivity index (χ3v) is 4.17. The number of anilines is 1. The highest BCUT2D eigenvalue weighted by atomic mass is 35.5. The van der Waals surface area contributed by atoms with Crippen LogP contribution in [0.3, 0.4) is 0 Å². The number of halogens is 2. The molecule has 3 aromatic rings. The summed E-state index contributed by atoms with van der Waals surface area (Å²) in [6, 6.07) is 7.51. The Kier molecular flexibility index (Phi) is 5.22. The molecule has 0 fully saturated rings. The Morgan fingerprint density at radius 1 is 1.30 bits per heavy atom. The Labute approximate surface area is 156 Å². The quantitative estimate of drug-likeness (QED) is 0.507. The summed E-state index contributed by atoms with van der Waals surface area (Å²) in [6.07, 6.45) is 0.399. The fraction of sp³-hybridized carbons (Fsp3) is 0.176. The van der Waals surface area contributed by atoms with Crippen molar-refractivity contribution in [2.24, 2.45) is 0 Å². The van der Waals surface area contributed by atoms with Gasteiger partial charge in [-0.15, -0.1) is 0 Å². The summed E-state index contributed by atoms with van der Waals surface area (Å²) >= 11 is 5.85. The second-order valence-corrected chi connectivity index (χ2v) is 6.11. The zero-order valence-corrected chi connectivity index (χ0v) is 14.5. The molecular weight excluding hydrogens is 381 g/mol. The molecule has 1 heterocycles. The number of hydrogen-bond donors (Lipinski definition) is 1. The van der Waals surface area contributed by atoms with Gasteiger partial charge in [-0.3, -0.25) is 19.5 Å². The van der Waals surface area contributed by atoms with Crippen molar-refractivity contribution in [2.45, 2.75) is 19.4 Å². The van der Waals surface area contributed by atoms with Gasteiger partial charge in [0.25, 0.3) is 5.69 Å². The molecule has 0 saturated heterocycles. The van der Waals surface area contributed by atoms with Gasteiger partial charge in [0.2, 0.25) is 5.91 Å². The second-order valence-electron chi connectivity index (χ2n) is 5.70. The van der Waals surface area contributed by atoms with Crippen LogP contribution in [0.1, 0.15) is 12.8 Å². The number of nitrogens with zero attached hydrogens (tertiary/aromatic N) is 2. The predicted molar refractivity (Wildman–Crippen MR) is 96.4 cm³/mol. The number of aryl methyl sites for hydroxylation is 1. The lowest BCUT2D eigenvalue weighted by molar-refractivity contribution is -0.384. The lowest BCUT2D eigenvalue weighted by Crippen LogP contribution is -2.17. The second kappa shape index (κ2) is 7.58. The fourth-order valence-electron chi connectivity index (χ4n) is 2.58. The van der Waals surface area contributed by atoms with Gasteiger partial charge in [0.05, 0.1) is 27.2 Å². The van der Waals surface area contributed by atoms with E-state index in [2.05, 4.69) is 5.32 Å². The van der Waals surface area contributed by atoms with Crippen LogP contribution in [0.15, 0.2) is 45.6 Å². The summed E-state index contributed by atoms with van der Waals surface area (Å²) < 4.78 is 19.3. The van der Waals surface area contributed by atoms with E-state index in [9.17, 15) is 24.1 Å². The summed E-state index contributed by atoms with van der Waals surface area (Å²) in [4.78, 5) is 34.1. The van der Waals surface area contributed by atoms with Gasteiger partial charge in [-0.25, -0.2) is 9.18 Å². The lowest BCUT2D eigenvalue weighted by Gasteiger charge is -2.07. The van der Waals surface area contributed by atoms with Crippen LogP contribution >= 0.6 is 11.6 Å². The van der Waals surface area contributed by atoms with E-state index in [-0.39, 0.29) is 35.2 Å². The van der Waals surface area contributed by atoms with Crippen molar-refractivity contribution in [3.8, 4) is 0 Å². The molecule has 3 rings (SSSR count). The van der Waals surface area contributed by atoms with Gasteiger partial charge < -0.3 is 9.73 Å². The molecular formula is C17H13ClFN3O5. The molecule has 140 valence electrons. The number of nitro groups is 1. The number of nitro benzene ring substituents is 1. The summed E-state index contributed by atoms with van der Waals surface area (Å²) in [5.74, 6) is -1.52. The number of benzene rings is 2. The van der Waals surface area contributed by atoms with Gasteiger partial charge >= 0.3 is 5.76 Å². The maximum atomic E-state index is 13.0. The molecule has 0 atom stereocenters. The van der Waals surface area contributed by atoms with Crippen LogP contribution in [-0.2, 0) is 11.3 Å². The Bertz CT molecular complexity index is 1090. The Balaban J connectivity index is 1.65. The topological polar surface area (TPSA) is 107 Å². The maximum absolute atomic E-state index is 13.0. The first-order valence-corrected chi connectivity index (χ1v) is 8.25. The summed E-state index contributed by atoms with van der Waals surface area (Å²) in [7, 11) is 0. The number of amides is 1. The third-order valence-electron chi connectivity index (χ3n) is 3.85. The monoisotopic (exact) mass is 393 g/mol. The summed E-state index contributed by atoms with van der Waals surface area (Å²) in [5, 5.41) is 13.4. The number of oxazole rings is 1. The fourth-order valence-corrected chi connectivity index (χ4v) is 2.80. The SMILES string of the molecule is O=C(CCCn1c(=O)oc2cc([N+](=O)[O-])ccc21)Nc1ccc(F)cc1Cl. The number of nitrogens with one attached hydrogen (secondary N) is 1. The molecule has 0 spiro atoms. The van der Waals surface area contributed by atoms with Gasteiger partial charge in [0.15, 0.2) is 5.58 Å². The van der Waals surface area contributed by atoms with Gasteiger partial charge in [0.1, 0.15) is 5.82 Å². The van der Waals surface area contributed by atoms with Gasteiger partial charge in [-0.05, 0) is 30.7 Å². The Morgan fingerprint density at radius 2 is 2.07 bits per heavy atom. The molecule has 0 unspecified atom stereocenters. The zero-order chi connectivity index (χ0) is 19.6. The largest absolute Gasteiger partial charge is 0.419 e. The number of rotatable bonds is 6. The minimum Gasteiger partial charge on any atom is -0.407 e. The normalized spacial score (nSPS) is 10.9. The number of carbonyl (C=O) groups excluding carboxylic acids is 1. The first-order valence-electron chi connectivity index (χ1n) is 7.88. The van der Waals surface area contributed by atoms with E-state index < -0.39 is 16.5 Å². The van der Waals surface area contributed by atoms with Gasteiger partial charge in [-0.1, -0.05) is 11.6 Å². The van der Waals surface area contributed by atoms with E-state index in [1.807, 2.05) is 0 Å². The van der Waals surface area contributed by atoms with E-state index in [1.54, 1.807) is 0 Å². The van der Waals surface area contributed by atoms with Gasteiger partial charge in [-0.2, -0.15) is 0 Å². The number of hydrogen-bond acceptors (Lipinski definition) is 5. The highest BCUT2D eigenvalue weighted by Gasteiger charge is 2.14. The molecule has 1 N–H and O–H groups in total. The zero-order valence-electron chi connectivity index (χ0n) is 13.8. The number of fused-ring (bicyclic) bond motifs is 1. The molecule has 0 saturated carbocycles. The van der Waals surface area contributed by atoms with Crippen molar-refractivity contribution >= 4 is 40.0 Å². The Morgan fingerprint density at radius 3 is 2.78 bits per heavy atom. The van der Waals surface area contributed by atoms with Crippen LogP contribution in [0.25, 0.3) is 11.1 Å². The smallest absolute Gasteiger partial charge is 0.407 e. The van der Waals surface area contributed by atoms with E-state index in [0.29, 0.717) is 17.6 Å². The lowest BCUT2D eigenvalue weighted by atomic mass is 10.2. The highest BCUT2D eigenvalue weighted by Crippen LogP contribution is 2.23. The molecule has 0 aliphatic carbocycles. The van der Waals surface area contributed by atoms with Crippen LogP contribution in [0.5, 0.6) is 0 Å². The molecule has 0 aliphatic heterocycles. The first-order chi connectivity index (χ1) is 12.8. The number of aromatic nitrogens is 1. The average molecular weight is 394 g/mol. The first kappa shape index (κ1) is 18.6. The molecule has 1 aromatic heterocycles. The van der Waals surface area contributed by atoms with Crippen molar-refractivity contribution in [3.63, 3.8) is 0 Å². The molecule has 10 heteroatoms. The number of carbonyl (C=O) groups is 1. The van der Waals surface area contributed by atoms with E-state index in [0.717, 1.165) is 6.07 Å². The predicted octanol–water partition coefficient (Wildman–Crippen LogP) is 3.71. The molecule has 8 nitrogen and oxygen atoms in total. The minimum absolute atomic E-state index is 0.0831. The van der Waals surface area contributed by atoms with Gasteiger partial charge in [0, 0.05) is 19.0 Å². The molecule has 0 aliphatic rings. The number of non-ortho nitro benzene ring substituents is 1. The maximum Gasteiger partial charge on any atom is 0.419 e. The van der Waals surface area contributed by atoms with Crippen LogP contribution in [0.2, 0.25) is 5.02 Å². The van der Waals surface area contributed by atoms with Crippen LogP contribution in [-0.4, -0.2) is 15.4 Å². The Hall–Kier alpha value is -3.20. The van der Waals surface area contributed by atoms with Crippen LogP contribution in [0, 0.1) is 15.9 Å². The highest BCUT2D eigenvalue weighted by molar-refractivity contribution is 6.33. The van der Waals surface area contributed by atoms with Crippen molar-refractivity contribution in [1.82, 2.24) is 4.57 Å². The molecule has 27 heavy (non-hydrogen) atoms. The molecule has 0 bridgehead atoms. The summed E-state index contributed by atoms with van der Waals surface area (Å²) in [6.45, 7) is 0.189.